The highest BCUT2D eigenvalue weighted by molar-refractivity contribution is 5.82. The lowest BCUT2D eigenvalue weighted by molar-refractivity contribution is -0.120. The second-order valence-corrected chi connectivity index (χ2v) is 5.39. The van der Waals surface area contributed by atoms with Crippen molar-refractivity contribution in [2.45, 2.75) is 26.4 Å². The minimum Gasteiger partial charge on any atom is -0.489 e. The molecule has 1 atom stereocenters. The lowest BCUT2D eigenvalue weighted by Gasteiger charge is -2.17. The van der Waals surface area contributed by atoms with Crippen LogP contribution in [0.25, 0.3) is 0 Å². The molecule has 22 heavy (non-hydrogen) atoms. The number of primary amides is 1. The van der Waals surface area contributed by atoms with Crippen molar-refractivity contribution >= 4 is 5.91 Å². The van der Waals surface area contributed by atoms with E-state index >= 15 is 0 Å². The largest absolute Gasteiger partial charge is 0.489 e. The van der Waals surface area contributed by atoms with Gasteiger partial charge in [0.05, 0.1) is 12.5 Å². The Balaban J connectivity index is 2.23. The fraction of sp³-hybridized carbons (Fsp3) is 0.278. The normalized spacial score (nSPS) is 12.0. The van der Waals surface area contributed by atoms with E-state index in [0.29, 0.717) is 12.2 Å². The highest BCUT2D eigenvalue weighted by Gasteiger charge is 2.19. The lowest BCUT2D eigenvalue weighted by atomic mass is 9.94. The Morgan fingerprint density at radius 1 is 1.23 bits per heavy atom. The number of amides is 1. The number of aliphatic hydroxyl groups excluding tert-OH is 1. The van der Waals surface area contributed by atoms with Gasteiger partial charge in [-0.25, -0.2) is 0 Å². The first kappa shape index (κ1) is 16.0. The van der Waals surface area contributed by atoms with Crippen LogP contribution in [-0.2, 0) is 11.4 Å². The Morgan fingerprint density at radius 3 is 2.64 bits per heavy atom. The van der Waals surface area contributed by atoms with Crippen LogP contribution in [0, 0.1) is 13.8 Å². The highest BCUT2D eigenvalue weighted by Crippen LogP contribution is 2.24. The Kier molecular flexibility index (Phi) is 5.17. The van der Waals surface area contributed by atoms with Gasteiger partial charge < -0.3 is 15.6 Å². The fourth-order valence-corrected chi connectivity index (χ4v) is 2.37. The molecule has 2 aromatic carbocycles. The number of rotatable bonds is 6. The number of aryl methyl sites for hydroxylation is 2. The first-order valence-electron chi connectivity index (χ1n) is 7.21. The highest BCUT2D eigenvalue weighted by atomic mass is 16.5. The molecule has 0 aromatic heterocycles. The van der Waals surface area contributed by atoms with Gasteiger partial charge in [0, 0.05) is 0 Å². The van der Waals surface area contributed by atoms with E-state index in [0.717, 1.165) is 22.4 Å². The average Bonchev–Trinajstić information content (AvgIpc) is 2.50. The number of carbonyl (C=O) groups is 1. The van der Waals surface area contributed by atoms with E-state index < -0.39 is 11.8 Å². The SMILES string of the molecule is Cc1ccc(C)c(OCc2ccccc2C(CO)C(N)=O)c1. The number of carbonyl (C=O) groups excluding carboxylic acids is 1. The van der Waals surface area contributed by atoms with Gasteiger partial charge in [-0.1, -0.05) is 36.4 Å². The maximum absolute atomic E-state index is 11.5. The molecule has 3 N–H and O–H groups in total. The molecule has 0 saturated heterocycles. The molecule has 116 valence electrons. The van der Waals surface area contributed by atoms with Crippen LogP contribution in [-0.4, -0.2) is 17.6 Å². The van der Waals surface area contributed by atoms with Crippen molar-refractivity contribution in [3.05, 3.63) is 64.7 Å². The minimum atomic E-state index is -0.710. The predicted octanol–water partition coefficient (Wildman–Crippen LogP) is 2.44. The molecule has 0 aliphatic rings. The summed E-state index contributed by atoms with van der Waals surface area (Å²) in [6.45, 7) is 4.01. The Bertz CT molecular complexity index is 667. The van der Waals surface area contributed by atoms with Gasteiger partial charge in [-0.2, -0.15) is 0 Å². The molecule has 0 radical (unpaired) electrons. The first-order valence-corrected chi connectivity index (χ1v) is 7.21. The Morgan fingerprint density at radius 2 is 1.95 bits per heavy atom. The van der Waals surface area contributed by atoms with Gasteiger partial charge in [0.2, 0.25) is 5.91 Å². The van der Waals surface area contributed by atoms with E-state index in [1.807, 2.05) is 50.2 Å². The molecule has 2 rings (SSSR count). The van der Waals surface area contributed by atoms with Crippen LogP contribution in [0.3, 0.4) is 0 Å². The number of aliphatic hydroxyl groups is 1. The molecule has 0 aliphatic heterocycles. The zero-order valence-corrected chi connectivity index (χ0v) is 12.9. The number of benzene rings is 2. The quantitative estimate of drug-likeness (QED) is 0.860. The van der Waals surface area contributed by atoms with Crippen molar-refractivity contribution in [1.82, 2.24) is 0 Å². The maximum Gasteiger partial charge on any atom is 0.227 e. The molecular weight excluding hydrogens is 278 g/mol. The van der Waals surface area contributed by atoms with Crippen molar-refractivity contribution < 1.29 is 14.6 Å². The summed E-state index contributed by atoms with van der Waals surface area (Å²) in [6.07, 6.45) is 0. The van der Waals surface area contributed by atoms with Gasteiger partial charge in [-0.15, -0.1) is 0 Å². The van der Waals surface area contributed by atoms with Gasteiger partial charge in [0.15, 0.2) is 0 Å². The molecular formula is C18H21NO3. The summed E-state index contributed by atoms with van der Waals surface area (Å²) in [7, 11) is 0. The predicted molar refractivity (Wildman–Crippen MR) is 85.7 cm³/mol. The topological polar surface area (TPSA) is 72.6 Å². The van der Waals surface area contributed by atoms with Crippen LogP contribution in [0.5, 0.6) is 5.75 Å². The molecule has 0 bridgehead atoms. The monoisotopic (exact) mass is 299 g/mol. The number of hydrogen-bond acceptors (Lipinski definition) is 3. The van der Waals surface area contributed by atoms with E-state index in [-0.39, 0.29) is 6.61 Å². The zero-order valence-electron chi connectivity index (χ0n) is 12.9. The first-order chi connectivity index (χ1) is 10.5. The smallest absolute Gasteiger partial charge is 0.227 e. The summed E-state index contributed by atoms with van der Waals surface area (Å²) in [5, 5.41) is 9.40. The Hall–Kier alpha value is -2.33. The van der Waals surface area contributed by atoms with Gasteiger partial charge in [-0.3, -0.25) is 4.79 Å². The van der Waals surface area contributed by atoms with Crippen molar-refractivity contribution in [2.75, 3.05) is 6.61 Å². The van der Waals surface area contributed by atoms with Crippen molar-refractivity contribution in [3.63, 3.8) is 0 Å². The molecule has 2 aromatic rings. The third-order valence-corrected chi connectivity index (χ3v) is 3.68. The van der Waals surface area contributed by atoms with Crippen LogP contribution in [0.15, 0.2) is 42.5 Å². The fourth-order valence-electron chi connectivity index (χ4n) is 2.37. The van der Waals surface area contributed by atoms with Crippen LogP contribution in [0.1, 0.15) is 28.2 Å². The number of hydrogen-bond donors (Lipinski definition) is 2. The van der Waals surface area contributed by atoms with Gasteiger partial charge >= 0.3 is 0 Å². The molecule has 4 heteroatoms. The van der Waals surface area contributed by atoms with Gasteiger partial charge in [0.1, 0.15) is 12.4 Å². The van der Waals surface area contributed by atoms with Crippen LogP contribution < -0.4 is 10.5 Å². The van der Waals surface area contributed by atoms with E-state index in [1.165, 1.54) is 0 Å². The summed E-state index contributed by atoms with van der Waals surface area (Å²) in [4.78, 5) is 11.5. The maximum atomic E-state index is 11.5. The molecule has 0 heterocycles. The van der Waals surface area contributed by atoms with E-state index in [1.54, 1.807) is 6.07 Å². The van der Waals surface area contributed by atoms with E-state index in [4.69, 9.17) is 10.5 Å². The lowest BCUT2D eigenvalue weighted by Crippen LogP contribution is -2.25. The van der Waals surface area contributed by atoms with E-state index in [2.05, 4.69) is 0 Å². The van der Waals surface area contributed by atoms with Crippen molar-refractivity contribution in [3.8, 4) is 5.75 Å². The second-order valence-electron chi connectivity index (χ2n) is 5.39. The van der Waals surface area contributed by atoms with Gasteiger partial charge in [-0.05, 0) is 42.2 Å². The number of ether oxygens (including phenoxy) is 1. The standard InChI is InChI=1S/C18H21NO3/c1-12-7-8-13(2)17(9-12)22-11-14-5-3-4-6-15(14)16(10-20)18(19)21/h3-9,16,20H,10-11H2,1-2H3,(H2,19,21). The second kappa shape index (κ2) is 7.09. The van der Waals surface area contributed by atoms with Gasteiger partial charge in [0.25, 0.3) is 0 Å². The zero-order chi connectivity index (χ0) is 16.1. The third-order valence-electron chi connectivity index (χ3n) is 3.68. The summed E-state index contributed by atoms with van der Waals surface area (Å²) in [5.41, 5.74) is 9.10. The van der Waals surface area contributed by atoms with Crippen molar-refractivity contribution in [2.24, 2.45) is 5.73 Å². The summed E-state index contributed by atoms with van der Waals surface area (Å²) in [5.74, 6) is -0.436. The average molecular weight is 299 g/mol. The molecule has 0 aliphatic carbocycles. The molecule has 1 amide bonds. The molecule has 1 unspecified atom stereocenters. The molecule has 0 spiro atoms. The Labute approximate surface area is 130 Å². The third kappa shape index (κ3) is 3.65. The summed E-state index contributed by atoms with van der Waals surface area (Å²) in [6, 6.07) is 13.4. The minimum absolute atomic E-state index is 0.310. The molecule has 0 saturated carbocycles. The number of nitrogens with two attached hydrogens (primary N) is 1. The van der Waals surface area contributed by atoms with Crippen molar-refractivity contribution in [1.29, 1.82) is 0 Å². The van der Waals surface area contributed by atoms with Crippen LogP contribution in [0.4, 0.5) is 0 Å². The summed E-state index contributed by atoms with van der Waals surface area (Å²) < 4.78 is 5.88. The van der Waals surface area contributed by atoms with Crippen LogP contribution >= 0.6 is 0 Å². The molecule has 4 nitrogen and oxygen atoms in total. The molecule has 0 fully saturated rings. The van der Waals surface area contributed by atoms with Crippen LogP contribution in [0.2, 0.25) is 0 Å². The summed E-state index contributed by atoms with van der Waals surface area (Å²) >= 11 is 0. The van der Waals surface area contributed by atoms with E-state index in [9.17, 15) is 9.90 Å².